The van der Waals surface area contributed by atoms with Gasteiger partial charge in [-0.1, -0.05) is 49.3 Å². The van der Waals surface area contributed by atoms with E-state index in [1.54, 1.807) is 29.2 Å². The SMILES string of the molecule is CCCCCc1nnc(NC(=O)c2ccc(NC(=O)C3CC(=O)N(c4ccccc4)C3)cc2)s1. The summed E-state index contributed by atoms with van der Waals surface area (Å²) in [6.07, 6.45) is 4.39. The minimum Gasteiger partial charge on any atom is -0.326 e. The quantitative estimate of drug-likeness (QED) is 0.441. The molecule has 2 aromatic carbocycles. The number of nitrogens with one attached hydrogen (secondary N) is 2. The molecule has 2 N–H and O–H groups in total. The van der Waals surface area contributed by atoms with E-state index in [0.717, 1.165) is 36.4 Å². The zero-order valence-corrected chi connectivity index (χ0v) is 19.8. The largest absolute Gasteiger partial charge is 0.326 e. The summed E-state index contributed by atoms with van der Waals surface area (Å²) in [5, 5.41) is 15.2. The summed E-state index contributed by atoms with van der Waals surface area (Å²) in [5.74, 6) is -0.995. The van der Waals surface area contributed by atoms with Crippen molar-refractivity contribution in [2.24, 2.45) is 5.92 Å². The first-order valence-corrected chi connectivity index (χ1v) is 12.2. The van der Waals surface area contributed by atoms with E-state index in [1.165, 1.54) is 11.3 Å². The van der Waals surface area contributed by atoms with Gasteiger partial charge in [-0.15, -0.1) is 10.2 Å². The molecule has 1 fully saturated rings. The highest BCUT2D eigenvalue weighted by Crippen LogP contribution is 2.26. The van der Waals surface area contributed by atoms with Gasteiger partial charge in [0.25, 0.3) is 5.91 Å². The summed E-state index contributed by atoms with van der Waals surface area (Å²) in [6.45, 7) is 2.50. The highest BCUT2D eigenvalue weighted by molar-refractivity contribution is 7.15. The minimum atomic E-state index is -0.431. The smallest absolute Gasteiger partial charge is 0.257 e. The van der Waals surface area contributed by atoms with Gasteiger partial charge in [-0.2, -0.15) is 0 Å². The molecule has 0 bridgehead atoms. The maximum Gasteiger partial charge on any atom is 0.257 e. The summed E-state index contributed by atoms with van der Waals surface area (Å²) in [7, 11) is 0. The van der Waals surface area contributed by atoms with Crippen molar-refractivity contribution < 1.29 is 14.4 Å². The Hall–Kier alpha value is -3.59. The number of aryl methyl sites for hydroxylation is 1. The molecule has 8 nitrogen and oxygen atoms in total. The normalized spacial score (nSPS) is 15.4. The Labute approximate surface area is 202 Å². The van der Waals surface area contributed by atoms with Crippen molar-refractivity contribution >= 4 is 45.6 Å². The fourth-order valence-corrected chi connectivity index (χ4v) is 4.57. The van der Waals surface area contributed by atoms with E-state index >= 15 is 0 Å². The first kappa shape index (κ1) is 23.6. The molecule has 4 rings (SSSR count). The fourth-order valence-electron chi connectivity index (χ4n) is 3.79. The van der Waals surface area contributed by atoms with Crippen LogP contribution in [0.15, 0.2) is 54.6 Å². The van der Waals surface area contributed by atoms with Crippen molar-refractivity contribution in [2.75, 3.05) is 22.1 Å². The molecule has 1 saturated heterocycles. The van der Waals surface area contributed by atoms with Gasteiger partial charge >= 0.3 is 0 Å². The van der Waals surface area contributed by atoms with Crippen molar-refractivity contribution in [3.8, 4) is 0 Å². The monoisotopic (exact) mass is 477 g/mol. The van der Waals surface area contributed by atoms with Gasteiger partial charge in [-0.25, -0.2) is 0 Å². The predicted octanol–water partition coefficient (Wildman–Crippen LogP) is 4.51. The number of carbonyl (C=O) groups is 3. The lowest BCUT2D eigenvalue weighted by atomic mass is 10.1. The van der Waals surface area contributed by atoms with Crippen LogP contribution in [0.4, 0.5) is 16.5 Å². The molecule has 0 radical (unpaired) electrons. The summed E-state index contributed by atoms with van der Waals surface area (Å²) in [5.41, 5.74) is 1.81. The first-order valence-electron chi connectivity index (χ1n) is 11.4. The molecule has 1 atom stereocenters. The van der Waals surface area contributed by atoms with Crippen LogP contribution in [-0.4, -0.2) is 34.5 Å². The Morgan fingerprint density at radius 3 is 2.53 bits per heavy atom. The number of amides is 3. The van der Waals surface area contributed by atoms with Crippen LogP contribution < -0.4 is 15.5 Å². The highest BCUT2D eigenvalue weighted by Gasteiger charge is 2.35. The average molecular weight is 478 g/mol. The van der Waals surface area contributed by atoms with Crippen molar-refractivity contribution in [1.29, 1.82) is 0 Å². The van der Waals surface area contributed by atoms with Gasteiger partial charge in [0.15, 0.2) is 0 Å². The lowest BCUT2D eigenvalue weighted by Gasteiger charge is -2.16. The average Bonchev–Trinajstić information content (AvgIpc) is 3.46. The lowest BCUT2D eigenvalue weighted by Crippen LogP contribution is -2.28. The third kappa shape index (κ3) is 5.85. The Morgan fingerprint density at radius 2 is 1.79 bits per heavy atom. The summed E-state index contributed by atoms with van der Waals surface area (Å²) >= 11 is 1.39. The van der Waals surface area contributed by atoms with Crippen LogP contribution in [0.25, 0.3) is 0 Å². The van der Waals surface area contributed by atoms with Gasteiger partial charge in [-0.05, 0) is 42.8 Å². The number of rotatable bonds is 9. The molecule has 2 heterocycles. The summed E-state index contributed by atoms with van der Waals surface area (Å²) < 4.78 is 0. The summed E-state index contributed by atoms with van der Waals surface area (Å²) in [4.78, 5) is 39.3. The molecular formula is C25H27N5O3S. The summed E-state index contributed by atoms with van der Waals surface area (Å²) in [6, 6.07) is 16.0. The number of aromatic nitrogens is 2. The highest BCUT2D eigenvalue weighted by atomic mass is 32.1. The zero-order valence-electron chi connectivity index (χ0n) is 19.0. The van der Waals surface area contributed by atoms with Gasteiger partial charge in [0.2, 0.25) is 16.9 Å². The number of carbonyl (C=O) groups excluding carboxylic acids is 3. The number of hydrogen-bond acceptors (Lipinski definition) is 6. The molecule has 0 aliphatic carbocycles. The molecule has 1 aliphatic rings. The Kier molecular flexibility index (Phi) is 7.64. The second-order valence-electron chi connectivity index (χ2n) is 8.22. The molecule has 0 saturated carbocycles. The van der Waals surface area contributed by atoms with Crippen LogP contribution >= 0.6 is 11.3 Å². The second-order valence-corrected chi connectivity index (χ2v) is 9.28. The molecule has 0 spiro atoms. The third-order valence-corrected chi connectivity index (χ3v) is 6.56. The van der Waals surface area contributed by atoms with E-state index in [0.29, 0.717) is 22.9 Å². The van der Waals surface area contributed by atoms with E-state index < -0.39 is 5.92 Å². The minimum absolute atomic E-state index is 0.0661. The van der Waals surface area contributed by atoms with E-state index in [2.05, 4.69) is 27.8 Å². The topological polar surface area (TPSA) is 104 Å². The van der Waals surface area contributed by atoms with Crippen LogP contribution in [-0.2, 0) is 16.0 Å². The van der Waals surface area contributed by atoms with Gasteiger partial charge in [0, 0.05) is 36.3 Å². The number of benzene rings is 2. The van der Waals surface area contributed by atoms with Crippen LogP contribution in [0.1, 0.15) is 48.0 Å². The number of hydrogen-bond donors (Lipinski definition) is 2. The zero-order chi connectivity index (χ0) is 23.9. The number of anilines is 3. The molecule has 34 heavy (non-hydrogen) atoms. The van der Waals surface area contributed by atoms with Gasteiger partial charge in [-0.3, -0.25) is 19.7 Å². The van der Waals surface area contributed by atoms with Crippen molar-refractivity contribution in [3.63, 3.8) is 0 Å². The predicted molar refractivity (Wildman–Crippen MR) is 133 cm³/mol. The lowest BCUT2D eigenvalue weighted by molar-refractivity contribution is -0.122. The Balaban J connectivity index is 1.30. The maximum atomic E-state index is 12.7. The van der Waals surface area contributed by atoms with Gasteiger partial charge in [0.05, 0.1) is 5.92 Å². The van der Waals surface area contributed by atoms with E-state index in [4.69, 9.17) is 0 Å². The Bertz CT molecular complexity index is 1150. The van der Waals surface area contributed by atoms with Crippen LogP contribution in [0.5, 0.6) is 0 Å². The molecule has 3 aromatic rings. The van der Waals surface area contributed by atoms with Gasteiger partial charge < -0.3 is 10.2 Å². The fraction of sp³-hybridized carbons (Fsp3) is 0.320. The number of unbranched alkanes of at least 4 members (excludes halogenated alkanes) is 2. The second kappa shape index (κ2) is 11.0. The van der Waals surface area contributed by atoms with Crippen LogP contribution in [0.2, 0.25) is 0 Å². The van der Waals surface area contributed by atoms with Crippen molar-refractivity contribution in [2.45, 2.75) is 39.0 Å². The number of para-hydroxylation sites is 1. The molecule has 1 aliphatic heterocycles. The molecule has 176 valence electrons. The molecular weight excluding hydrogens is 450 g/mol. The first-order chi connectivity index (χ1) is 16.5. The molecule has 9 heteroatoms. The van der Waals surface area contributed by atoms with Crippen molar-refractivity contribution in [1.82, 2.24) is 10.2 Å². The molecule has 3 amide bonds. The third-order valence-electron chi connectivity index (χ3n) is 5.66. The van der Waals surface area contributed by atoms with E-state index in [-0.39, 0.29) is 24.1 Å². The van der Waals surface area contributed by atoms with Crippen molar-refractivity contribution in [3.05, 3.63) is 65.2 Å². The van der Waals surface area contributed by atoms with Crippen LogP contribution in [0.3, 0.4) is 0 Å². The standard InChI is InChI=1S/C25H27N5O3S/c1-2-3-5-10-21-28-29-25(34-21)27-23(32)17-11-13-19(14-12-17)26-24(33)18-15-22(31)30(16-18)20-8-6-4-7-9-20/h4,6-9,11-14,18H,2-3,5,10,15-16H2,1H3,(H,26,33)(H,27,29,32). The van der Waals surface area contributed by atoms with E-state index in [1.807, 2.05) is 30.3 Å². The van der Waals surface area contributed by atoms with E-state index in [9.17, 15) is 14.4 Å². The molecule has 1 aromatic heterocycles. The molecule has 1 unspecified atom stereocenters. The van der Waals surface area contributed by atoms with Gasteiger partial charge in [0.1, 0.15) is 5.01 Å². The maximum absolute atomic E-state index is 12.7. The number of nitrogens with zero attached hydrogens (tertiary/aromatic N) is 3. The van der Waals surface area contributed by atoms with Crippen LogP contribution in [0, 0.1) is 5.92 Å². The Morgan fingerprint density at radius 1 is 1.03 bits per heavy atom.